The molecule has 1 saturated heterocycles. The Kier molecular flexibility index (Phi) is 5.45. The lowest BCUT2D eigenvalue weighted by Crippen LogP contribution is -2.49. The number of nitrogens with zero attached hydrogens (tertiary/aromatic N) is 4. The first-order valence-electron chi connectivity index (χ1n) is 8.40. The first-order chi connectivity index (χ1) is 12.2. The molecule has 0 radical (unpaired) electrons. The third-order valence-electron chi connectivity index (χ3n) is 4.30. The molecule has 1 N–H and O–H groups in total. The maximum absolute atomic E-state index is 12.0. The number of carboxylic acid groups (broad SMARTS) is 1. The Balaban J connectivity index is 1.76. The Hall–Kier alpha value is -2.67. The van der Waals surface area contributed by atoms with Crippen LogP contribution in [-0.2, 0) is 4.79 Å². The van der Waals surface area contributed by atoms with Crippen LogP contribution in [0.2, 0.25) is 0 Å². The average Bonchev–Trinajstić information content (AvgIpc) is 2.65. The summed E-state index contributed by atoms with van der Waals surface area (Å²) in [6.45, 7) is 5.08. The summed E-state index contributed by atoms with van der Waals surface area (Å²) < 4.78 is 5.63. The van der Waals surface area contributed by atoms with E-state index in [0.29, 0.717) is 44.1 Å². The highest BCUT2D eigenvalue weighted by atomic mass is 16.5. The van der Waals surface area contributed by atoms with Crippen LogP contribution in [-0.4, -0.2) is 58.7 Å². The van der Waals surface area contributed by atoms with Gasteiger partial charge < -0.3 is 14.7 Å². The fourth-order valence-corrected chi connectivity index (χ4v) is 3.14. The molecule has 7 heteroatoms. The smallest absolute Gasteiger partial charge is 0.325 e. The summed E-state index contributed by atoms with van der Waals surface area (Å²) in [6, 6.07) is 6.65. The minimum Gasteiger partial charge on any atom is -0.494 e. The fraction of sp³-hybridized carbons (Fsp3) is 0.389. The van der Waals surface area contributed by atoms with Crippen molar-refractivity contribution in [3.63, 3.8) is 0 Å². The maximum Gasteiger partial charge on any atom is 0.325 e. The lowest BCUT2D eigenvalue weighted by molar-refractivity contribution is -0.143. The number of ether oxygens (including phenoxy) is 1. The van der Waals surface area contributed by atoms with Crippen LogP contribution in [0.25, 0.3) is 0 Å². The molecular weight excluding hydrogens is 320 g/mol. The van der Waals surface area contributed by atoms with E-state index in [1.807, 2.05) is 36.1 Å². The van der Waals surface area contributed by atoms with Gasteiger partial charge in [0, 0.05) is 44.1 Å². The normalized spacial score (nSPS) is 16.4. The van der Waals surface area contributed by atoms with Gasteiger partial charge in [0.1, 0.15) is 17.6 Å². The van der Waals surface area contributed by atoms with E-state index < -0.39 is 12.0 Å². The number of aromatic nitrogens is 2. The minimum absolute atomic E-state index is 0.504. The first kappa shape index (κ1) is 17.2. The van der Waals surface area contributed by atoms with Crippen LogP contribution in [0.5, 0.6) is 5.75 Å². The third-order valence-corrected chi connectivity index (χ3v) is 4.30. The van der Waals surface area contributed by atoms with Gasteiger partial charge in [-0.25, -0.2) is 4.98 Å². The van der Waals surface area contributed by atoms with Gasteiger partial charge in [-0.15, -0.1) is 0 Å². The lowest BCUT2D eigenvalue weighted by Gasteiger charge is -2.38. The molecule has 0 aliphatic carbocycles. The molecule has 1 aromatic carbocycles. The van der Waals surface area contributed by atoms with E-state index in [2.05, 4.69) is 14.9 Å². The summed E-state index contributed by atoms with van der Waals surface area (Å²) in [5.41, 5.74) is 0.699. The van der Waals surface area contributed by atoms with Crippen LogP contribution >= 0.6 is 0 Å². The van der Waals surface area contributed by atoms with Crippen molar-refractivity contribution >= 4 is 11.8 Å². The van der Waals surface area contributed by atoms with Crippen molar-refractivity contribution in [1.29, 1.82) is 0 Å². The van der Waals surface area contributed by atoms with Gasteiger partial charge in [-0.2, -0.15) is 0 Å². The molecule has 2 heterocycles. The van der Waals surface area contributed by atoms with Gasteiger partial charge >= 0.3 is 5.97 Å². The number of rotatable bonds is 6. The van der Waals surface area contributed by atoms with Crippen LogP contribution in [0, 0.1) is 0 Å². The van der Waals surface area contributed by atoms with E-state index in [9.17, 15) is 9.90 Å². The number of benzene rings is 1. The average molecular weight is 342 g/mol. The first-order valence-corrected chi connectivity index (χ1v) is 8.40. The molecule has 1 aliphatic rings. The van der Waals surface area contributed by atoms with E-state index in [0.717, 1.165) is 5.82 Å². The second kappa shape index (κ2) is 7.94. The molecule has 0 bridgehead atoms. The highest BCUT2D eigenvalue weighted by Gasteiger charge is 2.32. The molecule has 0 saturated carbocycles. The van der Waals surface area contributed by atoms with Gasteiger partial charge in [-0.05, 0) is 13.0 Å². The van der Waals surface area contributed by atoms with Gasteiger partial charge in [0.2, 0.25) is 0 Å². The Morgan fingerprint density at radius 1 is 1.24 bits per heavy atom. The second-order valence-corrected chi connectivity index (χ2v) is 5.80. The zero-order valence-electron chi connectivity index (χ0n) is 14.2. The Morgan fingerprint density at radius 3 is 2.64 bits per heavy atom. The highest BCUT2D eigenvalue weighted by molar-refractivity contribution is 5.76. The van der Waals surface area contributed by atoms with E-state index in [4.69, 9.17) is 4.74 Å². The summed E-state index contributed by atoms with van der Waals surface area (Å²) in [4.78, 5) is 24.5. The van der Waals surface area contributed by atoms with Crippen LogP contribution in [0.15, 0.2) is 42.9 Å². The number of carboxylic acids is 1. The molecule has 1 aromatic heterocycles. The molecule has 3 rings (SSSR count). The van der Waals surface area contributed by atoms with Crippen molar-refractivity contribution < 1.29 is 14.6 Å². The van der Waals surface area contributed by atoms with Crippen LogP contribution in [0.3, 0.4) is 0 Å². The standard InChI is InChI=1S/C18H22N4O3/c1-2-25-15-6-4-3-5-14(15)17(18(23)24)22-11-9-21(10-12-22)16-13-19-7-8-20-16/h3-8,13,17H,2,9-12H2,1H3,(H,23,24). The minimum atomic E-state index is -0.861. The second-order valence-electron chi connectivity index (χ2n) is 5.80. The number of hydrogen-bond donors (Lipinski definition) is 1. The zero-order valence-corrected chi connectivity index (χ0v) is 14.2. The number of piperazine rings is 1. The van der Waals surface area contributed by atoms with Crippen molar-refractivity contribution in [2.45, 2.75) is 13.0 Å². The Labute approximate surface area is 146 Å². The van der Waals surface area contributed by atoms with Crippen LogP contribution in [0.1, 0.15) is 18.5 Å². The molecule has 0 amide bonds. The SMILES string of the molecule is CCOc1ccccc1C(C(=O)O)N1CCN(c2cnccn2)CC1. The van der Waals surface area contributed by atoms with E-state index in [1.165, 1.54) is 0 Å². The number of para-hydroxylation sites is 1. The molecule has 1 atom stereocenters. The van der Waals surface area contributed by atoms with Crippen molar-refractivity contribution in [3.8, 4) is 5.75 Å². The monoisotopic (exact) mass is 342 g/mol. The predicted molar refractivity (Wildman–Crippen MR) is 93.8 cm³/mol. The van der Waals surface area contributed by atoms with Crippen molar-refractivity contribution in [2.24, 2.45) is 0 Å². The van der Waals surface area contributed by atoms with E-state index in [-0.39, 0.29) is 0 Å². The fourth-order valence-electron chi connectivity index (χ4n) is 3.14. The quantitative estimate of drug-likeness (QED) is 0.858. The summed E-state index contributed by atoms with van der Waals surface area (Å²) in [7, 11) is 0. The molecular formula is C18H22N4O3. The van der Waals surface area contributed by atoms with Gasteiger partial charge in [0.25, 0.3) is 0 Å². The molecule has 132 valence electrons. The van der Waals surface area contributed by atoms with E-state index in [1.54, 1.807) is 18.6 Å². The largest absolute Gasteiger partial charge is 0.494 e. The lowest BCUT2D eigenvalue weighted by atomic mass is 10.0. The van der Waals surface area contributed by atoms with Gasteiger partial charge in [-0.1, -0.05) is 18.2 Å². The van der Waals surface area contributed by atoms with E-state index >= 15 is 0 Å². The van der Waals surface area contributed by atoms with Crippen LogP contribution < -0.4 is 9.64 Å². The molecule has 2 aromatic rings. The number of aliphatic carboxylic acids is 1. The molecule has 1 aliphatic heterocycles. The zero-order chi connectivity index (χ0) is 17.6. The maximum atomic E-state index is 12.0. The van der Waals surface area contributed by atoms with Gasteiger partial charge in [0.05, 0.1) is 12.8 Å². The Morgan fingerprint density at radius 2 is 2.00 bits per heavy atom. The summed E-state index contributed by atoms with van der Waals surface area (Å²) >= 11 is 0. The van der Waals surface area contributed by atoms with Crippen molar-refractivity contribution in [1.82, 2.24) is 14.9 Å². The topological polar surface area (TPSA) is 78.8 Å². The summed E-state index contributed by atoms with van der Waals surface area (Å²) in [5.74, 6) is 0.595. The summed E-state index contributed by atoms with van der Waals surface area (Å²) in [6.07, 6.45) is 5.04. The number of carbonyl (C=O) groups is 1. The predicted octanol–water partition coefficient (Wildman–Crippen LogP) is 1.82. The molecule has 7 nitrogen and oxygen atoms in total. The molecule has 1 unspecified atom stereocenters. The number of anilines is 1. The Bertz CT molecular complexity index is 702. The van der Waals surface area contributed by atoms with Crippen LogP contribution in [0.4, 0.5) is 5.82 Å². The van der Waals surface area contributed by atoms with Gasteiger partial charge in [0.15, 0.2) is 0 Å². The molecule has 25 heavy (non-hydrogen) atoms. The third kappa shape index (κ3) is 3.88. The van der Waals surface area contributed by atoms with Crippen molar-refractivity contribution in [2.75, 3.05) is 37.7 Å². The number of hydrogen-bond acceptors (Lipinski definition) is 6. The molecule has 0 spiro atoms. The van der Waals surface area contributed by atoms with Crippen molar-refractivity contribution in [3.05, 3.63) is 48.4 Å². The highest BCUT2D eigenvalue weighted by Crippen LogP contribution is 2.31. The summed E-state index contributed by atoms with van der Waals surface area (Å²) in [5, 5.41) is 9.82. The molecule has 1 fully saturated rings. The van der Waals surface area contributed by atoms with Gasteiger partial charge in [-0.3, -0.25) is 14.7 Å².